The van der Waals surface area contributed by atoms with Crippen molar-refractivity contribution in [3.05, 3.63) is 17.5 Å². The van der Waals surface area contributed by atoms with E-state index in [-0.39, 0.29) is 10.2 Å². The summed E-state index contributed by atoms with van der Waals surface area (Å²) in [5, 5.41) is 7.50. The zero-order valence-corrected chi connectivity index (χ0v) is 10.7. The van der Waals surface area contributed by atoms with E-state index >= 15 is 0 Å². The van der Waals surface area contributed by atoms with Crippen LogP contribution in [0.4, 0.5) is 0 Å². The Hall–Kier alpha value is -0.440. The van der Waals surface area contributed by atoms with Crippen molar-refractivity contribution in [3.8, 4) is 0 Å². The topological polar surface area (TPSA) is 28.7 Å². The van der Waals surface area contributed by atoms with E-state index in [1.54, 1.807) is 0 Å². The number of hydrogen-bond donors (Lipinski definition) is 1. The number of hydrogen-bond acceptors (Lipinski definition) is 2. The van der Waals surface area contributed by atoms with Crippen LogP contribution >= 0.6 is 11.8 Å². The Balaban J connectivity index is 3.00. The summed E-state index contributed by atoms with van der Waals surface area (Å²) in [5.41, 5.74) is 2.47. The van der Waals surface area contributed by atoms with Gasteiger partial charge in [0, 0.05) is 5.41 Å². The molecule has 0 fully saturated rings. The quantitative estimate of drug-likeness (QED) is 0.815. The van der Waals surface area contributed by atoms with E-state index in [0.29, 0.717) is 0 Å². The van der Waals surface area contributed by atoms with Gasteiger partial charge in [-0.2, -0.15) is 16.9 Å². The van der Waals surface area contributed by atoms with Gasteiger partial charge in [-0.25, -0.2) is 0 Å². The van der Waals surface area contributed by atoms with Crippen molar-refractivity contribution in [2.45, 2.75) is 44.8 Å². The minimum Gasteiger partial charge on any atom is -0.281 e. The van der Waals surface area contributed by atoms with E-state index in [2.05, 4.69) is 57.1 Å². The molecule has 0 saturated heterocycles. The first-order chi connectivity index (χ1) is 6.27. The van der Waals surface area contributed by atoms with E-state index in [1.165, 1.54) is 5.69 Å². The molecule has 1 aromatic rings. The second-order valence-electron chi connectivity index (χ2n) is 5.13. The fraction of sp³-hybridized carbons (Fsp3) is 0.727. The van der Waals surface area contributed by atoms with Gasteiger partial charge in [-0.1, -0.05) is 20.8 Å². The Bertz CT molecular complexity index is 307. The molecular weight excluding hydrogens is 192 g/mol. The van der Waals surface area contributed by atoms with Gasteiger partial charge in [-0.15, -0.1) is 0 Å². The molecule has 0 spiro atoms. The summed E-state index contributed by atoms with van der Waals surface area (Å²) >= 11 is 1.83. The maximum absolute atomic E-state index is 4.36. The fourth-order valence-corrected chi connectivity index (χ4v) is 1.45. The molecule has 1 aromatic heterocycles. The third-order valence-electron chi connectivity index (χ3n) is 2.51. The van der Waals surface area contributed by atoms with Gasteiger partial charge in [-0.3, -0.25) is 5.10 Å². The Labute approximate surface area is 90.9 Å². The standard InChI is InChI=1S/C11H20N2S/c1-10(2,3)8-7-9(13-12-8)11(4,5)14-6/h7H,1-6H3,(H,12,13). The molecule has 2 nitrogen and oxygen atoms in total. The molecule has 0 unspecified atom stereocenters. The Kier molecular flexibility index (Phi) is 3.00. The molecule has 0 bridgehead atoms. The Morgan fingerprint density at radius 3 is 2.14 bits per heavy atom. The molecule has 1 N–H and O–H groups in total. The van der Waals surface area contributed by atoms with Crippen molar-refractivity contribution in [2.75, 3.05) is 6.26 Å². The zero-order chi connectivity index (χ0) is 11.0. The second-order valence-corrected chi connectivity index (χ2v) is 6.56. The molecule has 0 aliphatic heterocycles. The largest absolute Gasteiger partial charge is 0.281 e. The summed E-state index contributed by atoms with van der Waals surface area (Å²) in [6.45, 7) is 11.0. The summed E-state index contributed by atoms with van der Waals surface area (Å²) in [5.74, 6) is 0. The molecule has 0 aliphatic carbocycles. The van der Waals surface area contributed by atoms with Gasteiger partial charge in [0.05, 0.1) is 16.1 Å². The molecular formula is C11H20N2S. The molecule has 14 heavy (non-hydrogen) atoms. The van der Waals surface area contributed by atoms with Crippen molar-refractivity contribution >= 4 is 11.8 Å². The smallest absolute Gasteiger partial charge is 0.0678 e. The fourth-order valence-electron chi connectivity index (χ4n) is 1.12. The monoisotopic (exact) mass is 212 g/mol. The van der Waals surface area contributed by atoms with Crippen molar-refractivity contribution < 1.29 is 0 Å². The van der Waals surface area contributed by atoms with Gasteiger partial charge in [0.25, 0.3) is 0 Å². The lowest BCUT2D eigenvalue weighted by molar-refractivity contribution is 0.567. The minimum absolute atomic E-state index is 0.122. The van der Waals surface area contributed by atoms with Crippen molar-refractivity contribution in [1.82, 2.24) is 10.2 Å². The number of rotatable bonds is 2. The van der Waals surface area contributed by atoms with E-state index in [1.807, 2.05) is 11.8 Å². The van der Waals surface area contributed by atoms with Crippen LogP contribution in [0.1, 0.15) is 46.0 Å². The van der Waals surface area contributed by atoms with E-state index < -0.39 is 0 Å². The highest BCUT2D eigenvalue weighted by Crippen LogP contribution is 2.34. The number of nitrogens with one attached hydrogen (secondary N) is 1. The van der Waals surface area contributed by atoms with Gasteiger partial charge >= 0.3 is 0 Å². The molecule has 0 amide bonds. The van der Waals surface area contributed by atoms with Crippen molar-refractivity contribution in [1.29, 1.82) is 0 Å². The molecule has 0 aromatic carbocycles. The summed E-state index contributed by atoms with van der Waals surface area (Å²) in [6.07, 6.45) is 2.12. The first-order valence-electron chi connectivity index (χ1n) is 4.89. The van der Waals surface area contributed by atoms with Crippen molar-refractivity contribution in [3.63, 3.8) is 0 Å². The summed E-state index contributed by atoms with van der Waals surface area (Å²) in [6, 6.07) is 2.18. The molecule has 3 heteroatoms. The predicted molar refractivity (Wildman–Crippen MR) is 63.8 cm³/mol. The van der Waals surface area contributed by atoms with E-state index in [0.717, 1.165) is 5.69 Å². The maximum atomic E-state index is 4.36. The molecule has 80 valence electrons. The molecule has 1 rings (SSSR count). The molecule has 0 saturated carbocycles. The Morgan fingerprint density at radius 1 is 1.21 bits per heavy atom. The third kappa shape index (κ3) is 2.32. The average Bonchev–Trinajstić information content (AvgIpc) is 2.51. The van der Waals surface area contributed by atoms with Crippen LogP contribution in [0.2, 0.25) is 0 Å². The van der Waals surface area contributed by atoms with Crippen molar-refractivity contribution in [2.24, 2.45) is 0 Å². The summed E-state index contributed by atoms with van der Waals surface area (Å²) in [4.78, 5) is 0. The van der Waals surface area contributed by atoms with Crippen LogP contribution in [0.25, 0.3) is 0 Å². The number of nitrogens with zero attached hydrogens (tertiary/aromatic N) is 1. The van der Waals surface area contributed by atoms with E-state index in [9.17, 15) is 0 Å². The molecule has 0 atom stereocenters. The summed E-state index contributed by atoms with van der Waals surface area (Å²) in [7, 11) is 0. The predicted octanol–water partition coefficient (Wildman–Crippen LogP) is 3.31. The van der Waals surface area contributed by atoms with E-state index in [4.69, 9.17) is 0 Å². The van der Waals surface area contributed by atoms with Crippen LogP contribution in [0, 0.1) is 0 Å². The number of H-pyrrole nitrogens is 1. The van der Waals surface area contributed by atoms with Crippen LogP contribution in [0.3, 0.4) is 0 Å². The molecule has 0 aliphatic rings. The van der Waals surface area contributed by atoms with Crippen LogP contribution in [0.5, 0.6) is 0 Å². The molecule has 0 radical (unpaired) electrons. The SMILES string of the molecule is CSC(C)(C)c1cc(C(C)(C)C)n[nH]1. The van der Waals surface area contributed by atoms with Gasteiger partial charge in [0.1, 0.15) is 0 Å². The van der Waals surface area contributed by atoms with Gasteiger partial charge in [0.2, 0.25) is 0 Å². The Morgan fingerprint density at radius 2 is 1.79 bits per heavy atom. The van der Waals surface area contributed by atoms with Crippen LogP contribution in [-0.4, -0.2) is 16.5 Å². The molecule has 1 heterocycles. The second kappa shape index (κ2) is 3.61. The van der Waals surface area contributed by atoms with Crippen LogP contribution in [0.15, 0.2) is 6.07 Å². The maximum Gasteiger partial charge on any atom is 0.0678 e. The average molecular weight is 212 g/mol. The zero-order valence-electron chi connectivity index (χ0n) is 9.93. The lowest BCUT2D eigenvalue weighted by Gasteiger charge is -2.19. The normalized spacial score (nSPS) is 13.3. The highest BCUT2D eigenvalue weighted by molar-refractivity contribution is 7.99. The lowest BCUT2D eigenvalue weighted by atomic mass is 9.91. The first kappa shape index (κ1) is 11.6. The van der Waals surface area contributed by atoms with Crippen LogP contribution in [-0.2, 0) is 10.2 Å². The lowest BCUT2D eigenvalue weighted by Crippen LogP contribution is -2.12. The number of thioether (sulfide) groups is 1. The number of aromatic amines is 1. The third-order valence-corrected chi connectivity index (χ3v) is 3.75. The number of aromatic nitrogens is 2. The van der Waals surface area contributed by atoms with Crippen LogP contribution < -0.4 is 0 Å². The highest BCUT2D eigenvalue weighted by Gasteiger charge is 2.24. The summed E-state index contributed by atoms with van der Waals surface area (Å²) < 4.78 is 0.122. The highest BCUT2D eigenvalue weighted by atomic mass is 32.2. The van der Waals surface area contributed by atoms with Gasteiger partial charge in [-0.05, 0) is 26.2 Å². The minimum atomic E-state index is 0.122. The first-order valence-corrected chi connectivity index (χ1v) is 6.11. The van der Waals surface area contributed by atoms with Gasteiger partial charge in [0.15, 0.2) is 0 Å². The van der Waals surface area contributed by atoms with Gasteiger partial charge < -0.3 is 0 Å².